The second kappa shape index (κ2) is 31.8. The molecule has 0 spiro atoms. The van der Waals surface area contributed by atoms with Crippen LogP contribution in [0, 0.1) is 17.8 Å². The molecule has 0 fully saturated rings. The SMILES string of the molecule is CCC[C@H](C[C@H](C)C[C@H](C[C@H](C)C[C@H](C[C@H](C)C[C@@H](CC(=O)O)OCOCc1ccccc1)OCOCc1ccccc1)OCOCc1ccccc1)OCOCc1ccccc1. The molecule has 0 saturated heterocycles. The van der Waals surface area contributed by atoms with Crippen LogP contribution >= 0.6 is 0 Å². The highest BCUT2D eigenvalue weighted by Crippen LogP contribution is 2.28. The Morgan fingerprint density at radius 3 is 1.00 bits per heavy atom. The minimum absolute atomic E-state index is 0.0199. The number of hydrogen-bond donors (Lipinski definition) is 1. The van der Waals surface area contributed by atoms with E-state index in [0.717, 1.165) is 60.8 Å². The third-order valence-electron chi connectivity index (χ3n) is 11.0. The van der Waals surface area contributed by atoms with E-state index in [9.17, 15) is 9.90 Å². The topological polar surface area (TPSA) is 111 Å². The predicted molar refractivity (Wildman–Crippen MR) is 246 cm³/mol. The van der Waals surface area contributed by atoms with Crippen LogP contribution in [0.4, 0.5) is 0 Å². The molecule has 0 amide bonds. The molecule has 4 aromatic carbocycles. The second-order valence-corrected chi connectivity index (χ2v) is 17.1. The van der Waals surface area contributed by atoms with Crippen molar-refractivity contribution < 1.29 is 47.8 Å². The van der Waals surface area contributed by atoms with Crippen LogP contribution < -0.4 is 0 Å². The Labute approximate surface area is 377 Å². The zero-order chi connectivity index (χ0) is 44.7. The lowest BCUT2D eigenvalue weighted by Gasteiger charge is -2.29. The maximum Gasteiger partial charge on any atom is 0.305 e. The monoisotopic (exact) mass is 871 g/mol. The molecule has 346 valence electrons. The van der Waals surface area contributed by atoms with Gasteiger partial charge in [-0.25, -0.2) is 0 Å². The second-order valence-electron chi connectivity index (χ2n) is 17.1. The number of carbonyl (C=O) groups is 1. The van der Waals surface area contributed by atoms with Gasteiger partial charge < -0.3 is 43.0 Å². The fourth-order valence-corrected chi connectivity index (χ4v) is 7.95. The molecule has 4 rings (SSSR count). The Bertz CT molecular complexity index is 1700. The minimum Gasteiger partial charge on any atom is -0.481 e. The van der Waals surface area contributed by atoms with Gasteiger partial charge in [-0.15, -0.1) is 0 Å². The number of ether oxygens (including phenoxy) is 8. The van der Waals surface area contributed by atoms with Gasteiger partial charge in [-0.1, -0.05) is 155 Å². The highest BCUT2D eigenvalue weighted by atomic mass is 16.7. The van der Waals surface area contributed by atoms with Crippen molar-refractivity contribution >= 4 is 5.97 Å². The summed E-state index contributed by atoms with van der Waals surface area (Å²) in [5, 5.41) is 9.72. The summed E-state index contributed by atoms with van der Waals surface area (Å²) in [5.74, 6) is -0.208. The smallest absolute Gasteiger partial charge is 0.305 e. The molecule has 0 aliphatic rings. The summed E-state index contributed by atoms with van der Waals surface area (Å²) in [7, 11) is 0. The summed E-state index contributed by atoms with van der Waals surface area (Å²) in [6.07, 6.45) is 5.95. The van der Waals surface area contributed by atoms with Gasteiger partial charge in [0.05, 0.1) is 57.3 Å². The molecule has 0 aliphatic heterocycles. The Morgan fingerprint density at radius 1 is 0.429 bits per heavy atom. The van der Waals surface area contributed by atoms with Gasteiger partial charge in [-0.05, 0) is 85.0 Å². The van der Waals surface area contributed by atoms with E-state index in [-0.39, 0.29) is 63.7 Å². The van der Waals surface area contributed by atoms with E-state index < -0.39 is 12.1 Å². The van der Waals surface area contributed by atoms with E-state index >= 15 is 0 Å². The van der Waals surface area contributed by atoms with Gasteiger partial charge in [-0.2, -0.15) is 0 Å². The van der Waals surface area contributed by atoms with Crippen molar-refractivity contribution in [1.82, 2.24) is 0 Å². The zero-order valence-corrected chi connectivity index (χ0v) is 38.2. The van der Waals surface area contributed by atoms with Crippen molar-refractivity contribution in [3.63, 3.8) is 0 Å². The van der Waals surface area contributed by atoms with Crippen molar-refractivity contribution in [2.45, 2.75) is 136 Å². The summed E-state index contributed by atoms with van der Waals surface area (Å²) in [4.78, 5) is 11.9. The highest BCUT2D eigenvalue weighted by molar-refractivity contribution is 5.67. The standard InChI is InChI=1S/C53H74O10/c1-5-18-49(60-38-56-34-45-19-10-6-11-20-45)27-42(2)28-50(61-39-57-35-46-21-12-7-13-22-46)29-43(3)30-51(62-40-58-36-47-23-14-8-15-24-47)31-44(4)32-52(33-53(54)55)63-41-59-37-48-25-16-9-17-26-48/h6-17,19-26,42-44,49-52H,5,18,27-41H2,1-4H3,(H,54,55)/t42-,43-,44-,49+,50+,51+,52-/m0/s1. The van der Waals surface area contributed by atoms with Crippen molar-refractivity contribution in [1.29, 1.82) is 0 Å². The Kier molecular flexibility index (Phi) is 26.1. The van der Waals surface area contributed by atoms with E-state index in [1.54, 1.807) is 0 Å². The summed E-state index contributed by atoms with van der Waals surface area (Å²) < 4.78 is 48.9. The van der Waals surface area contributed by atoms with Gasteiger partial charge >= 0.3 is 5.97 Å². The Morgan fingerprint density at radius 2 is 0.698 bits per heavy atom. The molecule has 10 heteroatoms. The van der Waals surface area contributed by atoms with Crippen molar-refractivity contribution in [2.75, 3.05) is 27.2 Å². The maximum atomic E-state index is 11.9. The molecule has 63 heavy (non-hydrogen) atoms. The number of benzene rings is 4. The fourth-order valence-electron chi connectivity index (χ4n) is 7.95. The van der Waals surface area contributed by atoms with E-state index in [1.807, 2.05) is 97.1 Å². The highest BCUT2D eigenvalue weighted by Gasteiger charge is 2.25. The average molecular weight is 871 g/mol. The van der Waals surface area contributed by atoms with E-state index in [1.165, 1.54) is 0 Å². The lowest BCUT2D eigenvalue weighted by molar-refractivity contribution is -0.146. The molecule has 0 radical (unpaired) electrons. The molecular formula is C53H74O10. The fraction of sp³-hybridized carbons (Fsp3) is 0.528. The molecule has 0 bridgehead atoms. The van der Waals surface area contributed by atoms with Gasteiger partial charge in [-0.3, -0.25) is 4.79 Å². The lowest BCUT2D eigenvalue weighted by Crippen LogP contribution is -2.28. The van der Waals surface area contributed by atoms with Crippen LogP contribution in [0.15, 0.2) is 121 Å². The Hall–Kier alpha value is -3.97. The number of rotatable bonds is 36. The van der Waals surface area contributed by atoms with Crippen LogP contribution in [0.25, 0.3) is 0 Å². The third-order valence-corrected chi connectivity index (χ3v) is 11.0. The average Bonchev–Trinajstić information content (AvgIpc) is 3.28. The third kappa shape index (κ3) is 24.1. The van der Waals surface area contributed by atoms with Gasteiger partial charge in [0.2, 0.25) is 0 Å². The normalized spacial score (nSPS) is 15.0. The zero-order valence-electron chi connectivity index (χ0n) is 38.2. The van der Waals surface area contributed by atoms with E-state index in [2.05, 4.69) is 52.0 Å². The molecule has 0 heterocycles. The van der Waals surface area contributed by atoms with E-state index in [4.69, 9.17) is 37.9 Å². The van der Waals surface area contributed by atoms with Crippen LogP contribution in [-0.2, 0) is 69.1 Å². The molecule has 0 unspecified atom stereocenters. The number of carboxylic acid groups (broad SMARTS) is 1. The first-order chi connectivity index (χ1) is 30.7. The van der Waals surface area contributed by atoms with Crippen molar-refractivity contribution in [3.8, 4) is 0 Å². The molecule has 0 aliphatic carbocycles. The first-order valence-electron chi connectivity index (χ1n) is 22.9. The largest absolute Gasteiger partial charge is 0.481 e. The van der Waals surface area contributed by atoms with Crippen LogP contribution in [-0.4, -0.2) is 62.7 Å². The van der Waals surface area contributed by atoms with Crippen molar-refractivity contribution in [3.05, 3.63) is 144 Å². The summed E-state index contributed by atoms with van der Waals surface area (Å²) >= 11 is 0. The first-order valence-corrected chi connectivity index (χ1v) is 22.9. The minimum atomic E-state index is -0.900. The number of aliphatic carboxylic acids is 1. The van der Waals surface area contributed by atoms with Gasteiger partial charge in [0.25, 0.3) is 0 Å². The van der Waals surface area contributed by atoms with Gasteiger partial charge in [0.15, 0.2) is 0 Å². The molecule has 7 atom stereocenters. The summed E-state index contributed by atoms with van der Waals surface area (Å²) in [5.41, 5.74) is 4.35. The molecule has 0 saturated carbocycles. The van der Waals surface area contributed by atoms with Crippen LogP contribution in [0.5, 0.6) is 0 Å². The predicted octanol–water partition coefficient (Wildman–Crippen LogP) is 11.7. The molecule has 4 aromatic rings. The van der Waals surface area contributed by atoms with Gasteiger partial charge in [0, 0.05) is 0 Å². The van der Waals surface area contributed by atoms with Crippen LogP contribution in [0.2, 0.25) is 0 Å². The molecule has 1 N–H and O–H groups in total. The molecule has 10 nitrogen and oxygen atoms in total. The lowest BCUT2D eigenvalue weighted by atomic mass is 9.87. The quantitative estimate of drug-likeness (QED) is 0.0350. The van der Waals surface area contributed by atoms with Crippen molar-refractivity contribution in [2.24, 2.45) is 17.8 Å². The van der Waals surface area contributed by atoms with E-state index in [0.29, 0.717) is 45.2 Å². The molecular weight excluding hydrogens is 797 g/mol. The van der Waals surface area contributed by atoms with Gasteiger partial charge in [0.1, 0.15) is 27.2 Å². The molecule has 0 aromatic heterocycles. The van der Waals surface area contributed by atoms with Crippen LogP contribution in [0.1, 0.15) is 108 Å². The Balaban J connectivity index is 1.36. The first kappa shape index (κ1) is 51.7. The number of carboxylic acids is 1. The van der Waals surface area contributed by atoms with Crippen LogP contribution in [0.3, 0.4) is 0 Å². The number of hydrogen-bond acceptors (Lipinski definition) is 9. The summed E-state index contributed by atoms with van der Waals surface area (Å²) in [6, 6.07) is 40.2. The summed E-state index contributed by atoms with van der Waals surface area (Å²) in [6.45, 7) is 11.3. The maximum absolute atomic E-state index is 11.9.